The fraction of sp³-hybridized carbons (Fsp3) is 0.400. The standard InChI is InChI=1S/C20H22Cl2N4O5S/c21-16-5-4-15(10-17(16)22)30-14-6-8-26(9-7-14)12-13(27)11-23-32(28,29)19-3-1-2-18-20(19)25-31-24-18/h1-5,10,13-14,23,27H,6-9,11-12H2. The van der Waals surface area contributed by atoms with Crippen molar-refractivity contribution in [1.29, 1.82) is 0 Å². The molecule has 1 unspecified atom stereocenters. The van der Waals surface area contributed by atoms with E-state index in [4.69, 9.17) is 27.9 Å². The van der Waals surface area contributed by atoms with Gasteiger partial charge in [-0.15, -0.1) is 0 Å². The van der Waals surface area contributed by atoms with Crippen molar-refractivity contribution in [2.45, 2.75) is 29.9 Å². The topological polar surface area (TPSA) is 118 Å². The molecule has 1 saturated heterocycles. The third kappa shape index (κ3) is 5.51. The van der Waals surface area contributed by atoms with Crippen molar-refractivity contribution in [2.24, 2.45) is 0 Å². The van der Waals surface area contributed by atoms with Gasteiger partial charge < -0.3 is 14.7 Å². The second-order valence-electron chi connectivity index (χ2n) is 7.59. The highest BCUT2D eigenvalue weighted by atomic mass is 35.5. The average Bonchev–Trinajstić information content (AvgIpc) is 3.25. The van der Waals surface area contributed by atoms with E-state index < -0.39 is 16.1 Å². The lowest BCUT2D eigenvalue weighted by molar-refractivity contribution is 0.0630. The molecular weight excluding hydrogens is 479 g/mol. The maximum absolute atomic E-state index is 12.6. The van der Waals surface area contributed by atoms with Gasteiger partial charge in [0.05, 0.1) is 16.1 Å². The second-order valence-corrected chi connectivity index (χ2v) is 10.1. The van der Waals surface area contributed by atoms with E-state index in [1.807, 2.05) is 0 Å². The molecule has 1 aliphatic heterocycles. The van der Waals surface area contributed by atoms with E-state index in [1.54, 1.807) is 30.3 Å². The Morgan fingerprint density at radius 3 is 2.72 bits per heavy atom. The van der Waals surface area contributed by atoms with E-state index in [-0.39, 0.29) is 23.1 Å². The number of sulfonamides is 1. The first-order chi connectivity index (χ1) is 15.3. The number of aromatic nitrogens is 2. The summed E-state index contributed by atoms with van der Waals surface area (Å²) in [6, 6.07) is 9.76. The third-order valence-electron chi connectivity index (χ3n) is 5.24. The average molecular weight is 501 g/mol. The van der Waals surface area contributed by atoms with Crippen LogP contribution in [0.4, 0.5) is 0 Å². The number of nitrogens with zero attached hydrogens (tertiary/aromatic N) is 3. The van der Waals surface area contributed by atoms with Gasteiger partial charge in [0.25, 0.3) is 0 Å². The first-order valence-corrected chi connectivity index (χ1v) is 12.3. The summed E-state index contributed by atoms with van der Waals surface area (Å²) in [5.74, 6) is 0.671. The van der Waals surface area contributed by atoms with Crippen molar-refractivity contribution in [3.63, 3.8) is 0 Å². The van der Waals surface area contributed by atoms with Crippen molar-refractivity contribution in [1.82, 2.24) is 19.9 Å². The maximum Gasteiger partial charge on any atom is 0.243 e. The molecule has 0 amide bonds. The molecule has 32 heavy (non-hydrogen) atoms. The summed E-state index contributed by atoms with van der Waals surface area (Å²) < 4.78 is 38.3. The first kappa shape index (κ1) is 23.2. The van der Waals surface area contributed by atoms with Crippen LogP contribution in [0.3, 0.4) is 0 Å². The van der Waals surface area contributed by atoms with Gasteiger partial charge in [-0.05, 0) is 47.4 Å². The molecule has 172 valence electrons. The number of aliphatic hydroxyl groups is 1. The molecule has 2 heterocycles. The summed E-state index contributed by atoms with van der Waals surface area (Å²) in [5.41, 5.74) is 0.498. The minimum absolute atomic E-state index is 0.0377. The Morgan fingerprint density at radius 2 is 1.97 bits per heavy atom. The van der Waals surface area contributed by atoms with E-state index in [0.29, 0.717) is 27.9 Å². The molecule has 2 aromatic carbocycles. The molecule has 1 aromatic heterocycles. The maximum atomic E-state index is 12.6. The summed E-state index contributed by atoms with van der Waals surface area (Å²) in [7, 11) is -3.87. The van der Waals surface area contributed by atoms with Crippen molar-refractivity contribution >= 4 is 44.3 Å². The molecule has 4 rings (SSSR count). The number of ether oxygens (including phenoxy) is 1. The number of benzene rings is 2. The zero-order valence-corrected chi connectivity index (χ0v) is 19.3. The van der Waals surface area contributed by atoms with Crippen LogP contribution in [-0.2, 0) is 10.0 Å². The molecule has 2 N–H and O–H groups in total. The Hall–Kier alpha value is -1.95. The molecule has 3 aromatic rings. The van der Waals surface area contributed by atoms with E-state index >= 15 is 0 Å². The molecule has 12 heteroatoms. The van der Waals surface area contributed by atoms with E-state index in [9.17, 15) is 13.5 Å². The minimum atomic E-state index is -3.87. The summed E-state index contributed by atoms with van der Waals surface area (Å²) in [6.07, 6.45) is 0.724. The monoisotopic (exact) mass is 500 g/mol. The molecule has 0 bridgehead atoms. The molecule has 1 fully saturated rings. The van der Waals surface area contributed by atoms with Crippen molar-refractivity contribution in [3.8, 4) is 5.75 Å². The molecule has 0 radical (unpaired) electrons. The van der Waals surface area contributed by atoms with Crippen LogP contribution in [0.5, 0.6) is 5.75 Å². The van der Waals surface area contributed by atoms with Crippen LogP contribution in [0.2, 0.25) is 10.0 Å². The van der Waals surface area contributed by atoms with Crippen LogP contribution in [-0.4, -0.2) is 67.1 Å². The third-order valence-corrected chi connectivity index (χ3v) is 7.44. The molecule has 0 saturated carbocycles. The number of β-amino-alcohol motifs (C(OH)–C–C–N with tert-alkyl or cyclic N) is 1. The van der Waals surface area contributed by atoms with Gasteiger partial charge in [-0.3, -0.25) is 0 Å². The number of hydrogen-bond acceptors (Lipinski definition) is 8. The van der Waals surface area contributed by atoms with Crippen molar-refractivity contribution < 1.29 is 22.9 Å². The highest BCUT2D eigenvalue weighted by molar-refractivity contribution is 7.89. The van der Waals surface area contributed by atoms with Crippen LogP contribution < -0.4 is 9.46 Å². The lowest BCUT2D eigenvalue weighted by Crippen LogP contribution is -2.45. The number of fused-ring (bicyclic) bond motifs is 1. The smallest absolute Gasteiger partial charge is 0.243 e. The summed E-state index contributed by atoms with van der Waals surface area (Å²) >= 11 is 12.0. The Kier molecular flexibility index (Phi) is 7.18. The Labute approximate surface area is 195 Å². The molecule has 0 aliphatic carbocycles. The van der Waals surface area contributed by atoms with E-state index in [1.165, 1.54) is 6.07 Å². The van der Waals surface area contributed by atoms with Crippen LogP contribution in [0.25, 0.3) is 11.0 Å². The second kappa shape index (κ2) is 9.90. The van der Waals surface area contributed by atoms with E-state index in [2.05, 4.69) is 24.6 Å². The summed E-state index contributed by atoms with van der Waals surface area (Å²) in [4.78, 5) is 2.04. The van der Waals surface area contributed by atoms with Crippen LogP contribution >= 0.6 is 23.2 Å². The quantitative estimate of drug-likeness (QED) is 0.484. The summed E-state index contributed by atoms with van der Waals surface area (Å²) in [5, 5.41) is 18.6. The zero-order valence-electron chi connectivity index (χ0n) is 16.9. The summed E-state index contributed by atoms with van der Waals surface area (Å²) in [6.45, 7) is 1.67. The number of aliphatic hydroxyl groups excluding tert-OH is 1. The minimum Gasteiger partial charge on any atom is -0.490 e. The lowest BCUT2D eigenvalue weighted by Gasteiger charge is -2.33. The van der Waals surface area contributed by atoms with E-state index in [0.717, 1.165) is 25.9 Å². The van der Waals surface area contributed by atoms with Crippen LogP contribution in [0.1, 0.15) is 12.8 Å². The highest BCUT2D eigenvalue weighted by Gasteiger charge is 2.25. The molecule has 1 atom stereocenters. The van der Waals surface area contributed by atoms with Gasteiger partial charge in [-0.1, -0.05) is 29.3 Å². The SMILES string of the molecule is O=S(=O)(NCC(O)CN1CCC(Oc2ccc(Cl)c(Cl)c2)CC1)c1cccc2nonc12. The molecule has 0 spiro atoms. The predicted molar refractivity (Wildman–Crippen MR) is 120 cm³/mol. The van der Waals surface area contributed by atoms with Gasteiger partial charge in [0, 0.05) is 32.2 Å². The van der Waals surface area contributed by atoms with Gasteiger partial charge in [0.2, 0.25) is 10.0 Å². The van der Waals surface area contributed by atoms with Gasteiger partial charge in [-0.25, -0.2) is 17.8 Å². The molecular formula is C20H22Cl2N4O5S. The lowest BCUT2D eigenvalue weighted by atomic mass is 10.1. The van der Waals surface area contributed by atoms with Crippen LogP contribution in [0, 0.1) is 0 Å². The van der Waals surface area contributed by atoms with Gasteiger partial charge in [-0.2, -0.15) is 0 Å². The van der Waals surface area contributed by atoms with Gasteiger partial charge in [0.1, 0.15) is 22.3 Å². The Morgan fingerprint density at radius 1 is 1.19 bits per heavy atom. The fourth-order valence-electron chi connectivity index (χ4n) is 3.60. The Balaban J connectivity index is 1.25. The van der Waals surface area contributed by atoms with Crippen LogP contribution in [0.15, 0.2) is 45.9 Å². The number of nitrogens with one attached hydrogen (secondary N) is 1. The Bertz CT molecular complexity index is 1180. The number of halogens is 2. The predicted octanol–water partition coefficient (Wildman–Crippen LogP) is 2.71. The fourth-order valence-corrected chi connectivity index (χ4v) is 5.11. The number of piperidine rings is 1. The van der Waals surface area contributed by atoms with Crippen molar-refractivity contribution in [2.75, 3.05) is 26.2 Å². The number of hydrogen-bond donors (Lipinski definition) is 2. The number of likely N-dealkylation sites (tertiary alicyclic amines) is 1. The van der Waals surface area contributed by atoms with Crippen molar-refractivity contribution in [3.05, 3.63) is 46.4 Å². The zero-order chi connectivity index (χ0) is 22.7. The largest absolute Gasteiger partial charge is 0.490 e. The number of rotatable bonds is 8. The highest BCUT2D eigenvalue weighted by Crippen LogP contribution is 2.28. The molecule has 9 nitrogen and oxygen atoms in total. The van der Waals surface area contributed by atoms with Gasteiger partial charge in [0.15, 0.2) is 5.52 Å². The van der Waals surface area contributed by atoms with Gasteiger partial charge >= 0.3 is 0 Å². The molecule has 1 aliphatic rings. The first-order valence-electron chi connectivity index (χ1n) is 10.0. The normalized spacial score (nSPS) is 17.0.